The van der Waals surface area contributed by atoms with Crippen LogP contribution in [0.3, 0.4) is 0 Å². The van der Waals surface area contributed by atoms with Gasteiger partial charge < -0.3 is 14.2 Å². The highest BCUT2D eigenvalue weighted by Crippen LogP contribution is 2.36. The van der Waals surface area contributed by atoms with E-state index in [0.29, 0.717) is 28.1 Å². The number of thioether (sulfide) groups is 1. The molecular weight excluding hydrogens is 462 g/mol. The Morgan fingerprint density at radius 3 is 2.46 bits per heavy atom. The van der Waals surface area contributed by atoms with Crippen molar-refractivity contribution in [2.24, 2.45) is 4.99 Å². The molecule has 7 nitrogen and oxygen atoms in total. The molecule has 0 aromatic heterocycles. The van der Waals surface area contributed by atoms with E-state index in [-0.39, 0.29) is 12.5 Å². The van der Waals surface area contributed by atoms with Crippen molar-refractivity contribution in [3.63, 3.8) is 0 Å². The second-order valence-corrected chi connectivity index (χ2v) is 8.45. The van der Waals surface area contributed by atoms with E-state index in [4.69, 9.17) is 24.5 Å². The Kier molecular flexibility index (Phi) is 7.70. The highest BCUT2D eigenvalue weighted by Gasteiger charge is 2.33. The number of aliphatic imine (C=N–C) groups is 1. The van der Waals surface area contributed by atoms with Gasteiger partial charge in [-0.15, -0.1) is 0 Å². The fraction of sp³-hybridized carbons (Fsp3) is 0.148. The maximum atomic E-state index is 13.4. The maximum absolute atomic E-state index is 13.4. The minimum absolute atomic E-state index is 0.0786. The van der Waals surface area contributed by atoms with Crippen molar-refractivity contribution in [1.82, 2.24) is 4.90 Å². The van der Waals surface area contributed by atoms with Gasteiger partial charge in [-0.3, -0.25) is 9.69 Å². The number of amidine groups is 1. The molecule has 8 heteroatoms. The number of benzene rings is 3. The van der Waals surface area contributed by atoms with Gasteiger partial charge in [0.2, 0.25) is 0 Å². The lowest BCUT2D eigenvalue weighted by atomic mass is 10.1. The van der Waals surface area contributed by atoms with Gasteiger partial charge in [0.05, 0.1) is 31.4 Å². The van der Waals surface area contributed by atoms with E-state index in [9.17, 15) is 4.79 Å². The van der Waals surface area contributed by atoms with Crippen LogP contribution in [-0.4, -0.2) is 36.8 Å². The number of amides is 1. The first-order valence-electron chi connectivity index (χ1n) is 10.8. The van der Waals surface area contributed by atoms with E-state index in [1.807, 2.05) is 66.7 Å². The Labute approximate surface area is 208 Å². The van der Waals surface area contributed by atoms with Crippen molar-refractivity contribution in [2.45, 2.75) is 6.54 Å². The van der Waals surface area contributed by atoms with Gasteiger partial charge in [-0.25, -0.2) is 4.99 Å². The normalized spacial score (nSPS) is 15.3. The van der Waals surface area contributed by atoms with Crippen LogP contribution >= 0.6 is 11.8 Å². The van der Waals surface area contributed by atoms with Crippen molar-refractivity contribution in [3.05, 3.63) is 88.8 Å². The lowest BCUT2D eigenvalue weighted by Gasteiger charge is -2.16. The van der Waals surface area contributed by atoms with Crippen LogP contribution in [0.4, 0.5) is 5.69 Å². The summed E-state index contributed by atoms with van der Waals surface area (Å²) in [6.07, 6.45) is 1.80. The van der Waals surface area contributed by atoms with Crippen LogP contribution in [0, 0.1) is 11.3 Å². The van der Waals surface area contributed by atoms with E-state index < -0.39 is 0 Å². The maximum Gasteiger partial charge on any atom is 0.267 e. The number of carbonyl (C=O) groups is 1. The molecule has 0 spiro atoms. The lowest BCUT2D eigenvalue weighted by Crippen LogP contribution is -2.28. The molecule has 4 rings (SSSR count). The zero-order chi connectivity index (χ0) is 24.6. The molecule has 0 aliphatic carbocycles. The predicted octanol–water partition coefficient (Wildman–Crippen LogP) is 5.41. The zero-order valence-electron chi connectivity index (χ0n) is 19.3. The molecule has 0 N–H and O–H groups in total. The number of nitrogens with zero attached hydrogens (tertiary/aromatic N) is 3. The van der Waals surface area contributed by atoms with Gasteiger partial charge in [-0.2, -0.15) is 5.26 Å². The molecule has 0 radical (unpaired) electrons. The van der Waals surface area contributed by atoms with Crippen molar-refractivity contribution in [3.8, 4) is 23.3 Å². The number of ether oxygens (including phenoxy) is 3. The second-order valence-electron chi connectivity index (χ2n) is 7.44. The summed E-state index contributed by atoms with van der Waals surface area (Å²) < 4.78 is 16.0. The highest BCUT2D eigenvalue weighted by atomic mass is 32.2. The number of methoxy groups -OCH3 is 2. The fourth-order valence-electron chi connectivity index (χ4n) is 3.41. The van der Waals surface area contributed by atoms with Crippen LogP contribution in [0.2, 0.25) is 0 Å². The van der Waals surface area contributed by atoms with Crippen LogP contribution in [0.1, 0.15) is 11.1 Å². The molecule has 176 valence electrons. The SMILES string of the molecule is COc1ccc(CN2C(=O)/C(=C/c3ccc(OCC#N)c(OC)c3)SC2=Nc2ccccc2)cc1. The Hall–Kier alpha value is -4.22. The molecule has 1 fully saturated rings. The average Bonchev–Trinajstić information content (AvgIpc) is 3.17. The monoisotopic (exact) mass is 485 g/mol. The summed E-state index contributed by atoms with van der Waals surface area (Å²) in [5, 5.41) is 9.37. The summed E-state index contributed by atoms with van der Waals surface area (Å²) in [5.74, 6) is 1.57. The first-order chi connectivity index (χ1) is 17.1. The Morgan fingerprint density at radius 1 is 1.00 bits per heavy atom. The number of hydrogen-bond donors (Lipinski definition) is 0. The largest absolute Gasteiger partial charge is 0.497 e. The molecule has 1 aliphatic rings. The van der Waals surface area contributed by atoms with E-state index in [1.54, 1.807) is 30.2 Å². The van der Waals surface area contributed by atoms with Gasteiger partial charge >= 0.3 is 0 Å². The predicted molar refractivity (Wildman–Crippen MR) is 137 cm³/mol. The molecule has 1 amide bonds. The molecule has 3 aromatic rings. The van der Waals surface area contributed by atoms with Crippen LogP contribution in [0.15, 0.2) is 82.7 Å². The van der Waals surface area contributed by atoms with Crippen LogP contribution in [-0.2, 0) is 11.3 Å². The summed E-state index contributed by atoms with van der Waals surface area (Å²) in [6.45, 7) is 0.299. The average molecular weight is 486 g/mol. The minimum atomic E-state index is -0.135. The molecule has 0 unspecified atom stereocenters. The summed E-state index contributed by atoms with van der Waals surface area (Å²) in [6, 6.07) is 24.4. The molecule has 3 aromatic carbocycles. The number of carbonyl (C=O) groups excluding carboxylic acids is 1. The van der Waals surface area contributed by atoms with E-state index in [2.05, 4.69) is 0 Å². The Morgan fingerprint density at radius 2 is 1.77 bits per heavy atom. The third-order valence-corrected chi connectivity index (χ3v) is 6.15. The van der Waals surface area contributed by atoms with Gasteiger partial charge in [-0.1, -0.05) is 36.4 Å². The van der Waals surface area contributed by atoms with Gasteiger partial charge in [0.1, 0.15) is 11.8 Å². The first kappa shape index (κ1) is 23.9. The third kappa shape index (κ3) is 5.83. The molecule has 1 heterocycles. The zero-order valence-corrected chi connectivity index (χ0v) is 20.1. The second kappa shape index (κ2) is 11.3. The van der Waals surface area contributed by atoms with Crippen molar-refractivity contribution >= 4 is 34.6 Å². The highest BCUT2D eigenvalue weighted by molar-refractivity contribution is 8.18. The quantitative estimate of drug-likeness (QED) is 0.397. The summed E-state index contributed by atoms with van der Waals surface area (Å²) >= 11 is 1.32. The number of para-hydroxylation sites is 1. The van der Waals surface area contributed by atoms with Gasteiger partial charge in [0.25, 0.3) is 5.91 Å². The molecule has 1 aliphatic heterocycles. The summed E-state index contributed by atoms with van der Waals surface area (Å²) in [5.41, 5.74) is 2.50. The molecule has 0 atom stereocenters. The van der Waals surface area contributed by atoms with Crippen molar-refractivity contribution in [2.75, 3.05) is 20.8 Å². The first-order valence-corrected chi connectivity index (χ1v) is 11.6. The van der Waals surface area contributed by atoms with E-state index in [1.165, 1.54) is 18.9 Å². The van der Waals surface area contributed by atoms with Gasteiger partial charge in [0, 0.05) is 0 Å². The van der Waals surface area contributed by atoms with E-state index >= 15 is 0 Å². The smallest absolute Gasteiger partial charge is 0.267 e. The fourth-order valence-corrected chi connectivity index (χ4v) is 4.41. The number of rotatable bonds is 8. The third-order valence-electron chi connectivity index (χ3n) is 5.15. The molecule has 35 heavy (non-hydrogen) atoms. The van der Waals surface area contributed by atoms with Gasteiger partial charge in [-0.05, 0) is 65.4 Å². The molecule has 0 saturated carbocycles. The Balaban J connectivity index is 1.65. The topological polar surface area (TPSA) is 84.1 Å². The summed E-state index contributed by atoms with van der Waals surface area (Å²) in [7, 11) is 3.15. The van der Waals surface area contributed by atoms with E-state index in [0.717, 1.165) is 22.6 Å². The lowest BCUT2D eigenvalue weighted by molar-refractivity contribution is -0.122. The van der Waals surface area contributed by atoms with Crippen molar-refractivity contribution in [1.29, 1.82) is 5.26 Å². The Bertz CT molecular complexity index is 1300. The molecule has 1 saturated heterocycles. The van der Waals surface area contributed by atoms with Gasteiger partial charge in [0.15, 0.2) is 23.3 Å². The molecular formula is C27H23N3O4S. The van der Waals surface area contributed by atoms with Crippen LogP contribution < -0.4 is 14.2 Å². The minimum Gasteiger partial charge on any atom is -0.497 e. The van der Waals surface area contributed by atoms with Crippen molar-refractivity contribution < 1.29 is 19.0 Å². The molecule has 0 bridgehead atoms. The standard InChI is InChI=1S/C27H23N3O4S/c1-32-22-11-8-19(9-12-22)18-30-26(31)25(35-27(30)29-21-6-4-3-5-7-21)17-20-10-13-23(34-15-14-28)24(16-20)33-2/h3-13,16-17H,15,18H2,1-2H3/b25-17-,29-27?. The number of nitriles is 1. The van der Waals surface area contributed by atoms with Crippen LogP contribution in [0.5, 0.6) is 17.2 Å². The van der Waals surface area contributed by atoms with Crippen LogP contribution in [0.25, 0.3) is 6.08 Å². The number of hydrogen-bond acceptors (Lipinski definition) is 7. The summed E-state index contributed by atoms with van der Waals surface area (Å²) in [4.78, 5) is 20.4.